The van der Waals surface area contributed by atoms with E-state index in [1.54, 1.807) is 24.0 Å². The average Bonchev–Trinajstić information content (AvgIpc) is 3.39. The van der Waals surface area contributed by atoms with Gasteiger partial charge in [0.1, 0.15) is 5.82 Å². The lowest BCUT2D eigenvalue weighted by Crippen LogP contribution is -2.23. The minimum Gasteiger partial charge on any atom is -0.345 e. The Bertz CT molecular complexity index is 1340. The van der Waals surface area contributed by atoms with Gasteiger partial charge in [-0.05, 0) is 56.4 Å². The molecule has 33 heavy (non-hydrogen) atoms. The second kappa shape index (κ2) is 8.80. The topological polar surface area (TPSA) is 43.1 Å². The van der Waals surface area contributed by atoms with Crippen LogP contribution in [-0.4, -0.2) is 51.4 Å². The first-order valence-electron chi connectivity index (χ1n) is 11.1. The molecule has 1 aliphatic rings. The van der Waals surface area contributed by atoms with E-state index in [9.17, 15) is 9.18 Å². The fourth-order valence-corrected chi connectivity index (χ4v) is 5.69. The molecule has 1 aliphatic heterocycles. The van der Waals surface area contributed by atoms with Crippen LogP contribution in [0, 0.1) is 11.7 Å². The van der Waals surface area contributed by atoms with E-state index in [-0.39, 0.29) is 17.5 Å². The summed E-state index contributed by atoms with van der Waals surface area (Å²) in [7, 11) is 6.03. The number of rotatable bonds is 6. The van der Waals surface area contributed by atoms with Gasteiger partial charge in [-0.1, -0.05) is 12.1 Å². The minimum absolute atomic E-state index is 0.138. The summed E-state index contributed by atoms with van der Waals surface area (Å²) in [6, 6.07) is 13.2. The number of likely N-dealkylation sites (N-methyl/N-ethyl adjacent to an activating group) is 1. The Morgan fingerprint density at radius 3 is 2.82 bits per heavy atom. The quantitative estimate of drug-likeness (QED) is 0.383. The molecule has 0 bridgehead atoms. The average molecular weight is 463 g/mol. The Morgan fingerprint density at radius 1 is 1.21 bits per heavy atom. The van der Waals surface area contributed by atoms with Crippen molar-refractivity contribution in [3.05, 3.63) is 71.8 Å². The summed E-state index contributed by atoms with van der Waals surface area (Å²) >= 11 is 1.65. The number of hydrogen-bond acceptors (Lipinski definition) is 4. The van der Waals surface area contributed by atoms with Crippen molar-refractivity contribution in [2.24, 2.45) is 13.0 Å². The van der Waals surface area contributed by atoms with Crippen LogP contribution in [0.4, 0.5) is 4.39 Å². The van der Waals surface area contributed by atoms with Gasteiger partial charge >= 0.3 is 0 Å². The molecule has 1 unspecified atom stereocenters. The molecule has 3 heterocycles. The van der Waals surface area contributed by atoms with E-state index < -0.39 is 0 Å². The lowest BCUT2D eigenvalue weighted by molar-refractivity contribution is 0.0932. The number of benzene rings is 2. The summed E-state index contributed by atoms with van der Waals surface area (Å²) in [4.78, 5) is 16.9. The number of hydrogen-bond donors (Lipinski definition) is 0. The highest BCUT2D eigenvalue weighted by atomic mass is 32.2. The zero-order chi connectivity index (χ0) is 23.1. The summed E-state index contributed by atoms with van der Waals surface area (Å²) in [6.45, 7) is 1.67. The lowest BCUT2D eigenvalue weighted by Gasteiger charge is -2.23. The van der Waals surface area contributed by atoms with Crippen LogP contribution in [0.3, 0.4) is 0 Å². The largest absolute Gasteiger partial charge is 0.345 e. The van der Waals surface area contributed by atoms with E-state index in [0.29, 0.717) is 6.42 Å². The molecular weight excluding hydrogens is 435 g/mol. The third kappa shape index (κ3) is 4.23. The highest BCUT2D eigenvalue weighted by molar-refractivity contribution is 7.99. The standard InChI is InChI=1S/C26H27FN4OS/c1-29(2)10-11-31-15-22(21-6-4-17(14-24(21)31)23-8-9-28-30(23)3)26(32)19-12-18-13-20(27)5-7-25(18)33-16-19/h4-9,13-15,19H,10-12,16H2,1-3H3. The number of fused-ring (bicyclic) bond motifs is 2. The Morgan fingerprint density at radius 2 is 2.06 bits per heavy atom. The van der Waals surface area contributed by atoms with E-state index in [1.807, 2.05) is 30.1 Å². The first-order valence-corrected chi connectivity index (χ1v) is 12.1. The molecule has 0 amide bonds. The normalized spacial score (nSPS) is 15.8. The molecule has 4 aromatic rings. The van der Waals surface area contributed by atoms with Gasteiger partial charge in [0.2, 0.25) is 0 Å². The SMILES string of the molecule is CN(C)CCn1cc(C(=O)C2CSc3ccc(F)cc3C2)c2ccc(-c3ccnn3C)cc21. The number of Topliss-reactive ketones (excluding diaryl/α,β-unsaturated/α-hetero) is 1. The van der Waals surface area contributed by atoms with Crippen molar-refractivity contribution >= 4 is 28.4 Å². The molecule has 2 aromatic heterocycles. The van der Waals surface area contributed by atoms with Crippen molar-refractivity contribution in [2.45, 2.75) is 17.9 Å². The molecule has 0 saturated heterocycles. The van der Waals surface area contributed by atoms with E-state index in [2.05, 4.69) is 46.9 Å². The summed E-state index contributed by atoms with van der Waals surface area (Å²) in [5, 5.41) is 5.27. The molecule has 2 aromatic carbocycles. The third-order valence-corrected chi connectivity index (χ3v) is 7.63. The van der Waals surface area contributed by atoms with Crippen molar-refractivity contribution in [1.82, 2.24) is 19.2 Å². The van der Waals surface area contributed by atoms with Crippen molar-refractivity contribution < 1.29 is 9.18 Å². The Hall–Kier alpha value is -2.90. The molecule has 7 heteroatoms. The second-order valence-corrected chi connectivity index (χ2v) is 10.0. The fourth-order valence-electron chi connectivity index (χ4n) is 4.55. The van der Waals surface area contributed by atoms with Crippen LogP contribution in [0.15, 0.2) is 59.8 Å². The summed E-state index contributed by atoms with van der Waals surface area (Å²) in [5.74, 6) is 0.452. The van der Waals surface area contributed by atoms with Gasteiger partial charge in [-0.25, -0.2) is 4.39 Å². The van der Waals surface area contributed by atoms with Gasteiger partial charge in [-0.15, -0.1) is 11.8 Å². The highest BCUT2D eigenvalue weighted by Gasteiger charge is 2.28. The highest BCUT2D eigenvalue weighted by Crippen LogP contribution is 2.36. The zero-order valence-electron chi connectivity index (χ0n) is 19.1. The molecule has 0 fully saturated rings. The van der Waals surface area contributed by atoms with Gasteiger partial charge in [0, 0.05) is 71.1 Å². The van der Waals surface area contributed by atoms with Crippen LogP contribution in [0.25, 0.3) is 22.2 Å². The zero-order valence-corrected chi connectivity index (χ0v) is 19.9. The van der Waals surface area contributed by atoms with Crippen LogP contribution in [0.1, 0.15) is 15.9 Å². The number of ketones is 1. The van der Waals surface area contributed by atoms with E-state index in [1.165, 1.54) is 6.07 Å². The van der Waals surface area contributed by atoms with Gasteiger partial charge in [-0.2, -0.15) is 5.10 Å². The molecule has 5 nitrogen and oxygen atoms in total. The van der Waals surface area contributed by atoms with Crippen molar-refractivity contribution in [3.8, 4) is 11.3 Å². The minimum atomic E-state index is -0.245. The predicted molar refractivity (Wildman–Crippen MR) is 131 cm³/mol. The number of carbonyl (C=O) groups excluding carboxylic acids is 1. The molecule has 0 spiro atoms. The smallest absolute Gasteiger partial charge is 0.169 e. The van der Waals surface area contributed by atoms with Gasteiger partial charge in [-0.3, -0.25) is 9.48 Å². The Kier molecular flexibility index (Phi) is 5.85. The van der Waals surface area contributed by atoms with Gasteiger partial charge in [0.15, 0.2) is 5.78 Å². The predicted octanol–water partition coefficient (Wildman–Crippen LogP) is 4.89. The maximum atomic E-state index is 13.8. The van der Waals surface area contributed by atoms with Gasteiger partial charge < -0.3 is 9.47 Å². The molecule has 0 aliphatic carbocycles. The number of halogens is 1. The maximum absolute atomic E-state index is 13.8. The molecule has 170 valence electrons. The summed E-state index contributed by atoms with van der Waals surface area (Å²) in [5.41, 5.74) is 4.84. The van der Waals surface area contributed by atoms with Crippen molar-refractivity contribution in [1.29, 1.82) is 0 Å². The van der Waals surface area contributed by atoms with E-state index in [4.69, 9.17) is 0 Å². The van der Waals surface area contributed by atoms with Crippen molar-refractivity contribution in [2.75, 3.05) is 26.4 Å². The number of aromatic nitrogens is 3. The Balaban J connectivity index is 1.53. The van der Waals surface area contributed by atoms with E-state index >= 15 is 0 Å². The van der Waals surface area contributed by atoms with Crippen LogP contribution < -0.4 is 0 Å². The van der Waals surface area contributed by atoms with E-state index in [0.717, 1.165) is 57.0 Å². The molecule has 1 atom stereocenters. The fraction of sp³-hybridized carbons (Fsp3) is 0.308. The molecule has 0 N–H and O–H groups in total. The van der Waals surface area contributed by atoms with Gasteiger partial charge in [0.05, 0.1) is 5.69 Å². The third-order valence-electron chi connectivity index (χ3n) is 6.35. The second-order valence-electron chi connectivity index (χ2n) is 8.94. The number of carbonyl (C=O) groups is 1. The maximum Gasteiger partial charge on any atom is 0.169 e. The lowest BCUT2D eigenvalue weighted by atomic mass is 9.92. The Labute approximate surface area is 197 Å². The molecule has 0 saturated carbocycles. The van der Waals surface area contributed by atoms with Crippen LogP contribution in [0.2, 0.25) is 0 Å². The number of thioether (sulfide) groups is 1. The number of nitrogens with zero attached hydrogens (tertiary/aromatic N) is 4. The molecule has 0 radical (unpaired) electrons. The number of aryl methyl sites for hydroxylation is 1. The summed E-state index contributed by atoms with van der Waals surface area (Å²) < 4.78 is 17.8. The molecule has 5 rings (SSSR count). The van der Waals surface area contributed by atoms with Crippen LogP contribution in [0.5, 0.6) is 0 Å². The van der Waals surface area contributed by atoms with Crippen LogP contribution in [-0.2, 0) is 20.0 Å². The molecular formula is C26H27FN4OS. The first-order chi connectivity index (χ1) is 15.9. The van der Waals surface area contributed by atoms with Gasteiger partial charge in [0.25, 0.3) is 0 Å². The summed E-state index contributed by atoms with van der Waals surface area (Å²) in [6.07, 6.45) is 4.38. The monoisotopic (exact) mass is 462 g/mol. The van der Waals surface area contributed by atoms with Crippen molar-refractivity contribution in [3.63, 3.8) is 0 Å². The first kappa shape index (κ1) is 21.9. The van der Waals surface area contributed by atoms with Crippen LogP contribution >= 0.6 is 11.8 Å².